The molecular weight excluding hydrogens is 240 g/mol. The molecule has 1 aromatic carbocycles. The Labute approximate surface area is 110 Å². The first-order valence-corrected chi connectivity index (χ1v) is 5.89. The molecule has 0 aliphatic carbocycles. The van der Waals surface area contributed by atoms with E-state index in [2.05, 4.69) is 26.0 Å². The van der Waals surface area contributed by atoms with Gasteiger partial charge in [-0.25, -0.2) is 15.0 Å². The minimum absolute atomic E-state index is 0.410. The highest BCUT2D eigenvalue weighted by atomic mass is 15.1. The van der Waals surface area contributed by atoms with Crippen molar-refractivity contribution in [1.29, 1.82) is 0 Å². The van der Waals surface area contributed by atoms with E-state index in [1.807, 2.05) is 37.2 Å². The molecule has 0 aliphatic heterocycles. The van der Waals surface area contributed by atoms with E-state index in [1.54, 1.807) is 0 Å². The van der Waals surface area contributed by atoms with Crippen molar-refractivity contribution in [3.63, 3.8) is 0 Å². The van der Waals surface area contributed by atoms with Crippen LogP contribution in [0.5, 0.6) is 0 Å². The molecule has 6 nitrogen and oxygen atoms in total. The van der Waals surface area contributed by atoms with E-state index in [-0.39, 0.29) is 0 Å². The van der Waals surface area contributed by atoms with Gasteiger partial charge >= 0.3 is 0 Å². The molecule has 0 radical (unpaired) electrons. The Morgan fingerprint density at radius 3 is 2.79 bits per heavy atom. The Balaban J connectivity index is 2.14. The highest BCUT2D eigenvalue weighted by molar-refractivity contribution is 5.84. The Morgan fingerprint density at radius 1 is 1.21 bits per heavy atom. The van der Waals surface area contributed by atoms with Gasteiger partial charge < -0.3 is 15.6 Å². The minimum Gasteiger partial charge on any atom is -0.382 e. The van der Waals surface area contributed by atoms with Crippen LogP contribution in [-0.2, 0) is 0 Å². The number of H-pyrrole nitrogens is 1. The van der Waals surface area contributed by atoms with Gasteiger partial charge in [0.2, 0.25) is 0 Å². The summed E-state index contributed by atoms with van der Waals surface area (Å²) < 4.78 is 0. The topological polar surface area (TPSA) is 83.7 Å². The quantitative estimate of drug-likeness (QED) is 0.726. The van der Waals surface area contributed by atoms with Crippen LogP contribution in [0.4, 0.5) is 11.5 Å². The van der Waals surface area contributed by atoms with Crippen LogP contribution in [-0.4, -0.2) is 34.0 Å². The number of anilines is 2. The fraction of sp³-hybridized carbons (Fsp3) is 0.154. The second-order valence-electron chi connectivity index (χ2n) is 4.49. The zero-order chi connectivity index (χ0) is 13.4. The molecule has 0 spiro atoms. The van der Waals surface area contributed by atoms with E-state index >= 15 is 0 Å². The Morgan fingerprint density at radius 2 is 2.05 bits per heavy atom. The number of nitrogens with one attached hydrogen (secondary N) is 1. The van der Waals surface area contributed by atoms with Gasteiger partial charge in [-0.15, -0.1) is 0 Å². The number of fused-ring (bicyclic) bond motifs is 1. The van der Waals surface area contributed by atoms with E-state index in [4.69, 9.17) is 5.73 Å². The van der Waals surface area contributed by atoms with E-state index < -0.39 is 0 Å². The molecule has 19 heavy (non-hydrogen) atoms. The second kappa shape index (κ2) is 4.24. The van der Waals surface area contributed by atoms with Crippen molar-refractivity contribution < 1.29 is 0 Å². The summed E-state index contributed by atoms with van der Waals surface area (Å²) in [6.07, 6.45) is 1.42. The molecule has 2 aromatic heterocycles. The third kappa shape index (κ3) is 1.97. The fourth-order valence-electron chi connectivity index (χ4n) is 1.91. The van der Waals surface area contributed by atoms with Crippen LogP contribution in [0.3, 0.4) is 0 Å². The number of aromatic amines is 1. The first-order chi connectivity index (χ1) is 9.15. The first-order valence-electron chi connectivity index (χ1n) is 5.89. The lowest BCUT2D eigenvalue weighted by atomic mass is 10.2. The largest absolute Gasteiger partial charge is 0.382 e. The first kappa shape index (κ1) is 11.5. The lowest BCUT2D eigenvalue weighted by molar-refractivity contribution is 1.13. The highest BCUT2D eigenvalue weighted by Crippen LogP contribution is 2.24. The van der Waals surface area contributed by atoms with Gasteiger partial charge in [-0.3, -0.25) is 0 Å². The molecule has 96 valence electrons. The number of nitrogens with two attached hydrogens (primary N) is 1. The van der Waals surface area contributed by atoms with Gasteiger partial charge in [0.25, 0.3) is 0 Å². The molecule has 0 saturated heterocycles. The van der Waals surface area contributed by atoms with E-state index in [9.17, 15) is 0 Å². The molecule has 6 heteroatoms. The summed E-state index contributed by atoms with van der Waals surface area (Å²) in [6.45, 7) is 0. The monoisotopic (exact) mass is 254 g/mol. The molecule has 3 aromatic rings. The maximum Gasteiger partial charge on any atom is 0.183 e. The number of nitrogens with zero attached hydrogens (tertiary/aromatic N) is 4. The molecule has 0 bridgehead atoms. The number of nitrogen functional groups attached to an aromatic ring is 1. The van der Waals surface area contributed by atoms with E-state index in [0.717, 1.165) is 17.1 Å². The van der Waals surface area contributed by atoms with Gasteiger partial charge in [-0.05, 0) is 12.1 Å². The van der Waals surface area contributed by atoms with Gasteiger partial charge in [0.1, 0.15) is 17.7 Å². The molecule has 0 saturated carbocycles. The van der Waals surface area contributed by atoms with Crippen molar-refractivity contribution in [2.45, 2.75) is 0 Å². The van der Waals surface area contributed by atoms with Crippen LogP contribution in [0.15, 0.2) is 30.6 Å². The maximum atomic E-state index is 5.80. The summed E-state index contributed by atoms with van der Waals surface area (Å²) >= 11 is 0. The average molecular weight is 254 g/mol. The maximum absolute atomic E-state index is 5.80. The molecule has 2 heterocycles. The standard InChI is InChI=1S/C13H14N6/c1-19(2)9-5-3-4-8(6-9)12-17-10-11(14)15-7-16-13(10)18-12/h3-7H,1-2H3,(H3,14,15,16,17,18). The number of imidazole rings is 1. The Bertz CT molecular complexity index is 731. The number of benzene rings is 1. The van der Waals surface area contributed by atoms with Gasteiger partial charge in [0, 0.05) is 25.3 Å². The predicted octanol–water partition coefficient (Wildman–Crippen LogP) is 1.67. The van der Waals surface area contributed by atoms with E-state index in [1.165, 1.54) is 6.33 Å². The van der Waals surface area contributed by atoms with Gasteiger partial charge in [-0.1, -0.05) is 12.1 Å². The summed E-state index contributed by atoms with van der Waals surface area (Å²) in [4.78, 5) is 17.7. The highest BCUT2D eigenvalue weighted by Gasteiger charge is 2.09. The zero-order valence-electron chi connectivity index (χ0n) is 10.8. The summed E-state index contributed by atoms with van der Waals surface area (Å²) in [5.74, 6) is 1.15. The molecule has 0 atom stereocenters. The normalized spacial score (nSPS) is 10.8. The lowest BCUT2D eigenvalue weighted by Crippen LogP contribution is -2.08. The number of aromatic nitrogens is 4. The molecule has 3 rings (SSSR count). The van der Waals surface area contributed by atoms with Crippen LogP contribution in [0.2, 0.25) is 0 Å². The number of hydrogen-bond acceptors (Lipinski definition) is 5. The summed E-state index contributed by atoms with van der Waals surface area (Å²) in [6, 6.07) is 8.09. The average Bonchev–Trinajstić information content (AvgIpc) is 2.84. The molecule has 0 aliphatic rings. The van der Waals surface area contributed by atoms with E-state index in [0.29, 0.717) is 17.0 Å². The molecule has 0 unspecified atom stereocenters. The minimum atomic E-state index is 0.410. The van der Waals surface area contributed by atoms with Gasteiger partial charge in [0.05, 0.1) is 0 Å². The van der Waals surface area contributed by atoms with Gasteiger partial charge in [0.15, 0.2) is 11.5 Å². The number of rotatable bonds is 2. The smallest absolute Gasteiger partial charge is 0.183 e. The van der Waals surface area contributed by atoms with Crippen LogP contribution in [0.1, 0.15) is 0 Å². The van der Waals surface area contributed by atoms with Crippen molar-refractivity contribution in [2.24, 2.45) is 0 Å². The lowest BCUT2D eigenvalue weighted by Gasteiger charge is -2.12. The summed E-state index contributed by atoms with van der Waals surface area (Å²) in [5.41, 5.74) is 9.15. The molecule has 3 N–H and O–H groups in total. The van der Waals surface area contributed by atoms with Crippen molar-refractivity contribution in [3.05, 3.63) is 30.6 Å². The second-order valence-corrected chi connectivity index (χ2v) is 4.49. The van der Waals surface area contributed by atoms with Crippen molar-refractivity contribution in [1.82, 2.24) is 19.9 Å². The SMILES string of the molecule is CN(C)c1cccc(-c2nc3ncnc(N)c3[nH]2)c1. The Hall–Kier alpha value is -2.63. The van der Waals surface area contributed by atoms with Crippen LogP contribution < -0.4 is 10.6 Å². The fourth-order valence-corrected chi connectivity index (χ4v) is 1.91. The Kier molecular flexibility index (Phi) is 2.56. The molecule has 0 fully saturated rings. The van der Waals surface area contributed by atoms with Crippen molar-refractivity contribution in [3.8, 4) is 11.4 Å². The predicted molar refractivity (Wildman–Crippen MR) is 75.9 cm³/mol. The summed E-state index contributed by atoms with van der Waals surface area (Å²) in [7, 11) is 4.00. The zero-order valence-corrected chi connectivity index (χ0v) is 10.8. The molecular formula is C13H14N6. The molecule has 0 amide bonds. The van der Waals surface area contributed by atoms with Crippen LogP contribution in [0.25, 0.3) is 22.6 Å². The van der Waals surface area contributed by atoms with Crippen molar-refractivity contribution >= 4 is 22.7 Å². The summed E-state index contributed by atoms with van der Waals surface area (Å²) in [5, 5.41) is 0. The third-order valence-corrected chi connectivity index (χ3v) is 2.95. The van der Waals surface area contributed by atoms with Crippen LogP contribution in [0, 0.1) is 0 Å². The van der Waals surface area contributed by atoms with Crippen molar-refractivity contribution in [2.75, 3.05) is 24.7 Å². The van der Waals surface area contributed by atoms with Gasteiger partial charge in [-0.2, -0.15) is 0 Å². The van der Waals surface area contributed by atoms with Crippen LogP contribution >= 0.6 is 0 Å². The third-order valence-electron chi connectivity index (χ3n) is 2.95. The number of hydrogen-bond donors (Lipinski definition) is 2.